The monoisotopic (exact) mass is 533 g/mol. The van der Waals surface area contributed by atoms with Gasteiger partial charge in [0.25, 0.3) is 5.91 Å². The van der Waals surface area contributed by atoms with Crippen LogP contribution in [0.3, 0.4) is 0 Å². The number of thiazole rings is 1. The van der Waals surface area contributed by atoms with E-state index in [1.54, 1.807) is 18.4 Å². The summed E-state index contributed by atoms with van der Waals surface area (Å²) < 4.78 is 7.51. The van der Waals surface area contributed by atoms with E-state index in [2.05, 4.69) is 22.0 Å². The molecule has 1 aliphatic rings. The van der Waals surface area contributed by atoms with E-state index in [0.717, 1.165) is 45.5 Å². The number of hydrogen-bond acceptors (Lipinski definition) is 4. The van der Waals surface area contributed by atoms with E-state index in [4.69, 9.17) is 21.3 Å². The SMILES string of the molecule is COc1ccc(Cn2c(-c3csc(-c4ccccc4Cl)n3)cc(C(=O)NCC3CCCCC3)c2C)cc1. The van der Waals surface area contributed by atoms with Gasteiger partial charge < -0.3 is 14.6 Å². The van der Waals surface area contributed by atoms with Gasteiger partial charge in [0.1, 0.15) is 10.8 Å². The average Bonchev–Trinajstić information content (AvgIpc) is 3.54. The zero-order valence-electron chi connectivity index (χ0n) is 21.3. The van der Waals surface area contributed by atoms with E-state index in [1.807, 2.05) is 54.8 Å². The first-order valence-electron chi connectivity index (χ1n) is 12.9. The van der Waals surface area contributed by atoms with Gasteiger partial charge in [-0.1, -0.05) is 61.2 Å². The Morgan fingerprint density at radius 2 is 1.89 bits per heavy atom. The van der Waals surface area contributed by atoms with Crippen molar-refractivity contribution in [3.63, 3.8) is 0 Å². The van der Waals surface area contributed by atoms with Crippen LogP contribution < -0.4 is 10.1 Å². The Hall–Kier alpha value is -3.09. The first-order chi connectivity index (χ1) is 18.0. The summed E-state index contributed by atoms with van der Waals surface area (Å²) in [5.41, 5.74) is 5.42. The number of nitrogens with zero attached hydrogens (tertiary/aromatic N) is 2. The molecule has 1 fully saturated rings. The molecule has 0 spiro atoms. The fraction of sp³-hybridized carbons (Fsp3) is 0.333. The van der Waals surface area contributed by atoms with E-state index in [-0.39, 0.29) is 5.91 Å². The maximum Gasteiger partial charge on any atom is 0.253 e. The second kappa shape index (κ2) is 11.5. The van der Waals surface area contributed by atoms with Crippen LogP contribution >= 0.6 is 22.9 Å². The summed E-state index contributed by atoms with van der Waals surface area (Å²) in [5.74, 6) is 1.38. The summed E-state index contributed by atoms with van der Waals surface area (Å²) in [4.78, 5) is 18.3. The van der Waals surface area contributed by atoms with Gasteiger partial charge in [0, 0.05) is 29.7 Å². The van der Waals surface area contributed by atoms with Crippen molar-refractivity contribution in [3.8, 4) is 27.7 Å². The lowest BCUT2D eigenvalue weighted by atomic mass is 9.89. The molecule has 37 heavy (non-hydrogen) atoms. The predicted octanol–water partition coefficient (Wildman–Crippen LogP) is 7.61. The van der Waals surface area contributed by atoms with Crippen molar-refractivity contribution >= 4 is 28.8 Å². The van der Waals surface area contributed by atoms with Crippen LogP contribution in [-0.2, 0) is 6.54 Å². The van der Waals surface area contributed by atoms with Crippen molar-refractivity contribution in [1.29, 1.82) is 0 Å². The number of methoxy groups -OCH3 is 1. The summed E-state index contributed by atoms with van der Waals surface area (Å²) in [6.45, 7) is 3.38. The number of carbonyl (C=O) groups excluding carboxylic acids is 1. The van der Waals surface area contributed by atoms with E-state index < -0.39 is 0 Å². The molecule has 0 bridgehead atoms. The summed E-state index contributed by atoms with van der Waals surface area (Å²) >= 11 is 8.00. The molecule has 2 aromatic carbocycles. The lowest BCUT2D eigenvalue weighted by molar-refractivity contribution is 0.0943. The molecule has 5 nitrogen and oxygen atoms in total. The van der Waals surface area contributed by atoms with Crippen LogP contribution in [0.5, 0.6) is 5.75 Å². The zero-order valence-corrected chi connectivity index (χ0v) is 22.9. The summed E-state index contributed by atoms with van der Waals surface area (Å²) in [5, 5.41) is 6.80. The van der Waals surface area contributed by atoms with Crippen molar-refractivity contribution in [2.45, 2.75) is 45.6 Å². The van der Waals surface area contributed by atoms with Crippen molar-refractivity contribution in [3.05, 3.63) is 81.8 Å². The minimum absolute atomic E-state index is 0.0145. The Labute approximate surface area is 227 Å². The highest BCUT2D eigenvalue weighted by Gasteiger charge is 2.22. The smallest absolute Gasteiger partial charge is 0.253 e. The topological polar surface area (TPSA) is 56.2 Å². The van der Waals surface area contributed by atoms with Crippen LogP contribution in [0, 0.1) is 12.8 Å². The number of amides is 1. The molecular weight excluding hydrogens is 502 g/mol. The Morgan fingerprint density at radius 1 is 1.14 bits per heavy atom. The van der Waals surface area contributed by atoms with Crippen molar-refractivity contribution in [2.24, 2.45) is 5.92 Å². The molecule has 2 aromatic heterocycles. The van der Waals surface area contributed by atoms with Crippen molar-refractivity contribution in [2.75, 3.05) is 13.7 Å². The molecule has 1 amide bonds. The van der Waals surface area contributed by atoms with Gasteiger partial charge in [-0.25, -0.2) is 4.98 Å². The molecule has 0 radical (unpaired) electrons. The number of nitrogens with one attached hydrogen (secondary N) is 1. The molecule has 0 aliphatic heterocycles. The second-order valence-corrected chi connectivity index (χ2v) is 11.0. The number of hydrogen-bond donors (Lipinski definition) is 1. The van der Waals surface area contributed by atoms with Crippen LogP contribution in [0.15, 0.2) is 60.0 Å². The molecule has 1 N–H and O–H groups in total. The fourth-order valence-corrected chi connectivity index (χ4v) is 6.21. The molecule has 0 saturated heterocycles. The highest BCUT2D eigenvalue weighted by atomic mass is 35.5. The molecule has 1 aliphatic carbocycles. The Balaban J connectivity index is 1.47. The normalized spacial score (nSPS) is 14.0. The van der Waals surface area contributed by atoms with E-state index in [0.29, 0.717) is 23.0 Å². The molecule has 1 saturated carbocycles. The highest BCUT2D eigenvalue weighted by molar-refractivity contribution is 7.13. The van der Waals surface area contributed by atoms with Gasteiger partial charge in [-0.15, -0.1) is 11.3 Å². The standard InChI is InChI=1S/C30H32ClN3O2S/c1-20-25(29(35)32-17-21-8-4-3-5-9-21)16-28(34(20)18-22-12-14-23(36-2)15-13-22)27-19-37-30(33-27)24-10-6-7-11-26(24)31/h6-7,10-16,19,21H,3-5,8-9,17-18H2,1-2H3,(H,32,35). The van der Waals surface area contributed by atoms with Gasteiger partial charge in [-0.2, -0.15) is 0 Å². The van der Waals surface area contributed by atoms with Crippen LogP contribution in [0.25, 0.3) is 22.0 Å². The third-order valence-electron chi connectivity index (χ3n) is 7.26. The Morgan fingerprint density at radius 3 is 2.62 bits per heavy atom. The first kappa shape index (κ1) is 25.6. The first-order valence-corrected chi connectivity index (χ1v) is 14.1. The van der Waals surface area contributed by atoms with Crippen LogP contribution in [0.2, 0.25) is 5.02 Å². The molecular formula is C30H32ClN3O2S. The molecule has 4 aromatic rings. The second-order valence-electron chi connectivity index (χ2n) is 9.69. The van der Waals surface area contributed by atoms with Crippen molar-refractivity contribution in [1.82, 2.24) is 14.9 Å². The molecule has 192 valence electrons. The largest absolute Gasteiger partial charge is 0.497 e. The minimum atomic E-state index is -0.0145. The molecule has 5 rings (SSSR count). The van der Waals surface area contributed by atoms with Crippen LogP contribution in [-0.4, -0.2) is 29.1 Å². The quantitative estimate of drug-likeness (QED) is 0.253. The van der Waals surface area contributed by atoms with Gasteiger partial charge in [0.05, 0.1) is 29.1 Å². The zero-order chi connectivity index (χ0) is 25.8. The number of rotatable bonds is 8. The number of aromatic nitrogens is 2. The average molecular weight is 534 g/mol. The predicted molar refractivity (Wildman–Crippen MR) is 152 cm³/mol. The molecule has 0 unspecified atom stereocenters. The Kier molecular flexibility index (Phi) is 7.96. The molecule has 0 atom stereocenters. The number of benzene rings is 2. The summed E-state index contributed by atoms with van der Waals surface area (Å²) in [6.07, 6.45) is 6.24. The number of halogens is 1. The van der Waals surface area contributed by atoms with Gasteiger partial charge >= 0.3 is 0 Å². The van der Waals surface area contributed by atoms with Crippen LogP contribution in [0.1, 0.15) is 53.7 Å². The third-order valence-corrected chi connectivity index (χ3v) is 8.46. The Bertz CT molecular complexity index is 1370. The minimum Gasteiger partial charge on any atom is -0.497 e. The van der Waals surface area contributed by atoms with E-state index in [9.17, 15) is 4.79 Å². The lowest BCUT2D eigenvalue weighted by Crippen LogP contribution is -2.30. The van der Waals surface area contributed by atoms with Gasteiger partial charge in [-0.05, 0) is 55.5 Å². The maximum absolute atomic E-state index is 13.3. The molecule has 2 heterocycles. The van der Waals surface area contributed by atoms with Crippen LogP contribution in [0.4, 0.5) is 0 Å². The fourth-order valence-electron chi connectivity index (χ4n) is 5.08. The van der Waals surface area contributed by atoms with E-state index in [1.165, 1.54) is 32.1 Å². The number of carbonyl (C=O) groups is 1. The summed E-state index contributed by atoms with van der Waals surface area (Å²) in [6, 6.07) is 17.8. The van der Waals surface area contributed by atoms with Gasteiger partial charge in [0.15, 0.2) is 0 Å². The summed E-state index contributed by atoms with van der Waals surface area (Å²) in [7, 11) is 1.67. The van der Waals surface area contributed by atoms with Crippen molar-refractivity contribution < 1.29 is 9.53 Å². The number of ether oxygens (including phenoxy) is 1. The highest BCUT2D eigenvalue weighted by Crippen LogP contribution is 2.35. The third kappa shape index (κ3) is 5.76. The molecule has 7 heteroatoms. The lowest BCUT2D eigenvalue weighted by Gasteiger charge is -2.21. The van der Waals surface area contributed by atoms with E-state index >= 15 is 0 Å². The van der Waals surface area contributed by atoms with Gasteiger partial charge in [-0.3, -0.25) is 4.79 Å². The maximum atomic E-state index is 13.3. The van der Waals surface area contributed by atoms with Gasteiger partial charge in [0.2, 0.25) is 0 Å².